The van der Waals surface area contributed by atoms with Gasteiger partial charge < -0.3 is 5.11 Å². The van der Waals surface area contributed by atoms with Crippen molar-refractivity contribution in [2.75, 3.05) is 5.33 Å². The number of alkyl halides is 1. The zero-order chi connectivity index (χ0) is 11.6. The average Bonchev–Trinajstić information content (AvgIpc) is 3.08. The van der Waals surface area contributed by atoms with Crippen LogP contribution in [0.3, 0.4) is 0 Å². The van der Waals surface area contributed by atoms with Crippen molar-refractivity contribution in [1.29, 1.82) is 0 Å². The first-order valence-corrected chi connectivity index (χ1v) is 6.20. The van der Waals surface area contributed by atoms with E-state index < -0.39 is 11.4 Å². The van der Waals surface area contributed by atoms with Gasteiger partial charge in [0.2, 0.25) is 0 Å². The van der Waals surface area contributed by atoms with E-state index in [0.29, 0.717) is 5.33 Å². The van der Waals surface area contributed by atoms with Gasteiger partial charge in [-0.1, -0.05) is 46.0 Å². The third kappa shape index (κ3) is 1.85. The van der Waals surface area contributed by atoms with E-state index in [1.54, 1.807) is 0 Å². The van der Waals surface area contributed by atoms with Crippen molar-refractivity contribution in [1.82, 2.24) is 0 Å². The summed E-state index contributed by atoms with van der Waals surface area (Å²) in [4.78, 5) is 11.3. The normalized spacial score (nSPS) is 16.1. The summed E-state index contributed by atoms with van der Waals surface area (Å²) < 4.78 is 0. The van der Waals surface area contributed by atoms with Gasteiger partial charge in [0, 0.05) is 5.56 Å². The van der Waals surface area contributed by atoms with Crippen molar-refractivity contribution in [3.8, 4) is 11.8 Å². The zero-order valence-electron chi connectivity index (χ0n) is 8.66. The highest BCUT2D eigenvalue weighted by atomic mass is 79.9. The molecule has 1 N–H and O–H groups in total. The van der Waals surface area contributed by atoms with Crippen LogP contribution < -0.4 is 0 Å². The highest BCUT2D eigenvalue weighted by molar-refractivity contribution is 9.09. The second kappa shape index (κ2) is 4.31. The third-order valence-electron chi connectivity index (χ3n) is 2.89. The molecule has 0 radical (unpaired) electrons. The Balaban J connectivity index is 2.45. The molecular weight excluding hydrogens is 268 g/mol. The van der Waals surface area contributed by atoms with E-state index in [1.165, 1.54) is 0 Å². The molecule has 2 rings (SSSR count). The molecule has 1 aliphatic carbocycles. The SMILES string of the molecule is O=C(O)C1(c2ccccc2C#CCBr)CC1. The second-order valence-corrected chi connectivity index (χ2v) is 4.43. The fourth-order valence-electron chi connectivity index (χ4n) is 1.86. The van der Waals surface area contributed by atoms with E-state index in [-0.39, 0.29) is 0 Å². The Morgan fingerprint density at radius 1 is 1.44 bits per heavy atom. The van der Waals surface area contributed by atoms with Gasteiger partial charge in [-0.15, -0.1) is 0 Å². The van der Waals surface area contributed by atoms with Crippen LogP contribution in [0.4, 0.5) is 0 Å². The van der Waals surface area contributed by atoms with Crippen molar-refractivity contribution in [3.63, 3.8) is 0 Å². The molecule has 0 spiro atoms. The summed E-state index contributed by atoms with van der Waals surface area (Å²) in [7, 11) is 0. The minimum absolute atomic E-state index is 0.599. The lowest BCUT2D eigenvalue weighted by Crippen LogP contribution is -2.20. The number of halogens is 1. The largest absolute Gasteiger partial charge is 0.481 e. The van der Waals surface area contributed by atoms with Gasteiger partial charge in [0.1, 0.15) is 0 Å². The number of aliphatic carboxylic acids is 1. The van der Waals surface area contributed by atoms with Gasteiger partial charge >= 0.3 is 5.97 Å². The molecule has 0 aromatic heterocycles. The van der Waals surface area contributed by atoms with Crippen LogP contribution in [-0.2, 0) is 10.2 Å². The summed E-state index contributed by atoms with van der Waals surface area (Å²) in [5.74, 6) is 5.19. The van der Waals surface area contributed by atoms with Gasteiger partial charge in [-0.25, -0.2) is 0 Å². The molecule has 0 aliphatic heterocycles. The molecule has 1 fully saturated rings. The van der Waals surface area contributed by atoms with Gasteiger partial charge in [-0.05, 0) is 24.5 Å². The Kier molecular flexibility index (Phi) is 3.02. The molecule has 2 nitrogen and oxygen atoms in total. The first-order chi connectivity index (χ1) is 7.70. The van der Waals surface area contributed by atoms with Crippen LogP contribution >= 0.6 is 15.9 Å². The summed E-state index contributed by atoms with van der Waals surface area (Å²) in [6, 6.07) is 7.52. The minimum Gasteiger partial charge on any atom is -0.481 e. The highest BCUT2D eigenvalue weighted by Crippen LogP contribution is 2.49. The van der Waals surface area contributed by atoms with Crippen LogP contribution in [-0.4, -0.2) is 16.4 Å². The third-order valence-corrected chi connectivity index (χ3v) is 3.17. The van der Waals surface area contributed by atoms with Crippen LogP contribution in [0.15, 0.2) is 24.3 Å². The van der Waals surface area contributed by atoms with Crippen LogP contribution in [0, 0.1) is 11.8 Å². The Morgan fingerprint density at radius 3 is 2.69 bits per heavy atom. The van der Waals surface area contributed by atoms with Gasteiger partial charge in [-0.2, -0.15) is 0 Å². The lowest BCUT2D eigenvalue weighted by atomic mass is 9.91. The van der Waals surface area contributed by atoms with E-state index in [4.69, 9.17) is 0 Å². The number of benzene rings is 1. The number of carboxylic acids is 1. The molecule has 16 heavy (non-hydrogen) atoms. The molecule has 0 heterocycles. The molecule has 1 aliphatic rings. The van der Waals surface area contributed by atoms with Crippen LogP contribution in [0.5, 0.6) is 0 Å². The number of hydrogen-bond donors (Lipinski definition) is 1. The molecule has 1 aromatic rings. The lowest BCUT2D eigenvalue weighted by Gasteiger charge is -2.11. The zero-order valence-corrected chi connectivity index (χ0v) is 10.3. The quantitative estimate of drug-likeness (QED) is 0.667. The van der Waals surface area contributed by atoms with E-state index in [0.717, 1.165) is 24.0 Å². The van der Waals surface area contributed by atoms with Gasteiger partial charge in [-0.3, -0.25) is 4.79 Å². The Hall–Kier alpha value is -1.27. The molecule has 82 valence electrons. The fourth-order valence-corrected chi connectivity index (χ4v) is 2.00. The van der Waals surface area contributed by atoms with Crippen molar-refractivity contribution in [3.05, 3.63) is 35.4 Å². The standard InChI is InChI=1S/C13H11BrO2/c14-9-3-5-10-4-1-2-6-11(10)13(7-8-13)12(15)16/h1-2,4,6H,7-9H2,(H,15,16). The van der Waals surface area contributed by atoms with Gasteiger partial charge in [0.15, 0.2) is 0 Å². The molecule has 0 bridgehead atoms. The Bertz CT molecular complexity index is 478. The number of carbonyl (C=O) groups is 1. The molecule has 0 unspecified atom stereocenters. The van der Waals surface area contributed by atoms with Crippen molar-refractivity contribution >= 4 is 21.9 Å². The van der Waals surface area contributed by atoms with Gasteiger partial charge in [0.25, 0.3) is 0 Å². The fraction of sp³-hybridized carbons (Fsp3) is 0.308. The van der Waals surface area contributed by atoms with Gasteiger partial charge in [0.05, 0.1) is 10.7 Å². The maximum absolute atomic E-state index is 11.3. The Morgan fingerprint density at radius 2 is 2.12 bits per heavy atom. The lowest BCUT2D eigenvalue weighted by molar-refractivity contribution is -0.140. The summed E-state index contributed by atoms with van der Waals surface area (Å²) >= 11 is 3.24. The van der Waals surface area contributed by atoms with E-state index in [2.05, 4.69) is 27.8 Å². The topological polar surface area (TPSA) is 37.3 Å². The minimum atomic E-state index is -0.736. The number of rotatable bonds is 2. The molecule has 0 saturated heterocycles. The maximum atomic E-state index is 11.3. The van der Waals surface area contributed by atoms with E-state index in [9.17, 15) is 9.90 Å². The average molecular weight is 279 g/mol. The number of carboxylic acid groups (broad SMARTS) is 1. The molecular formula is C13H11BrO2. The first kappa shape index (κ1) is 11.2. The number of hydrogen-bond acceptors (Lipinski definition) is 1. The molecule has 0 amide bonds. The first-order valence-electron chi connectivity index (χ1n) is 5.08. The summed E-state index contributed by atoms with van der Waals surface area (Å²) in [5.41, 5.74) is 1.02. The van der Waals surface area contributed by atoms with E-state index in [1.807, 2.05) is 24.3 Å². The van der Waals surface area contributed by atoms with Crippen molar-refractivity contribution in [2.45, 2.75) is 18.3 Å². The summed E-state index contributed by atoms with van der Waals surface area (Å²) in [6.07, 6.45) is 1.44. The Labute approximate surface area is 103 Å². The molecule has 1 saturated carbocycles. The smallest absolute Gasteiger partial charge is 0.314 e. The van der Waals surface area contributed by atoms with E-state index >= 15 is 0 Å². The summed E-state index contributed by atoms with van der Waals surface area (Å²) in [5, 5.41) is 9.85. The second-order valence-electron chi connectivity index (χ2n) is 3.87. The monoisotopic (exact) mass is 278 g/mol. The van der Waals surface area contributed by atoms with Crippen molar-refractivity contribution < 1.29 is 9.90 Å². The molecule has 1 aromatic carbocycles. The molecule has 0 atom stereocenters. The predicted octanol–water partition coefficient (Wildman–Crippen LogP) is 2.55. The summed E-state index contributed by atoms with van der Waals surface area (Å²) in [6.45, 7) is 0. The predicted molar refractivity (Wildman–Crippen MR) is 65.7 cm³/mol. The van der Waals surface area contributed by atoms with Crippen LogP contribution in [0.2, 0.25) is 0 Å². The highest BCUT2D eigenvalue weighted by Gasteiger charge is 2.52. The van der Waals surface area contributed by atoms with Crippen molar-refractivity contribution in [2.24, 2.45) is 0 Å². The molecule has 3 heteroatoms. The maximum Gasteiger partial charge on any atom is 0.314 e. The van der Waals surface area contributed by atoms with Crippen LogP contribution in [0.25, 0.3) is 0 Å². The van der Waals surface area contributed by atoms with Crippen LogP contribution in [0.1, 0.15) is 24.0 Å².